The summed E-state index contributed by atoms with van der Waals surface area (Å²) in [4.78, 5) is 32.3. The van der Waals surface area contributed by atoms with Gasteiger partial charge in [0, 0.05) is 24.2 Å². The summed E-state index contributed by atoms with van der Waals surface area (Å²) in [6.07, 6.45) is 1.64. The Hall–Kier alpha value is -3.39. The van der Waals surface area contributed by atoms with Gasteiger partial charge in [-0.05, 0) is 29.3 Å². The first kappa shape index (κ1) is 19.9. The van der Waals surface area contributed by atoms with Crippen LogP contribution in [0.1, 0.15) is 33.4 Å². The fourth-order valence-electron chi connectivity index (χ4n) is 3.88. The van der Waals surface area contributed by atoms with Gasteiger partial charge >= 0.3 is 0 Å². The van der Waals surface area contributed by atoms with Crippen LogP contribution in [0.5, 0.6) is 11.5 Å². The number of ether oxygens (including phenoxy) is 2. The number of aromatic nitrogens is 1. The lowest BCUT2D eigenvalue weighted by Gasteiger charge is -2.39. The van der Waals surface area contributed by atoms with Gasteiger partial charge in [0.25, 0.3) is 5.91 Å². The average molecular weight is 423 g/mol. The highest BCUT2D eigenvalue weighted by Gasteiger charge is 2.43. The highest BCUT2D eigenvalue weighted by Crippen LogP contribution is 2.44. The molecule has 1 aromatic heterocycles. The molecule has 1 aliphatic rings. The molecule has 2 atom stereocenters. The standard InChI is InChI=1S/C22H21N3O4S/c1-25-19(13-8-9-16(28-2)17(12-13)29-3)18(20(26)24-22-23-10-11-30-22)14-6-4-5-7-15(14)21(25)27/h4-12,18-19H,1-3H3,(H,23,24,26). The van der Waals surface area contributed by atoms with E-state index in [1.165, 1.54) is 11.3 Å². The van der Waals surface area contributed by atoms with Crippen LogP contribution in [0.15, 0.2) is 54.0 Å². The average Bonchev–Trinajstić information content (AvgIpc) is 3.28. The van der Waals surface area contributed by atoms with Crippen molar-refractivity contribution in [3.63, 3.8) is 0 Å². The van der Waals surface area contributed by atoms with Crippen molar-refractivity contribution >= 4 is 28.3 Å². The minimum absolute atomic E-state index is 0.135. The van der Waals surface area contributed by atoms with Gasteiger partial charge in [0.15, 0.2) is 16.6 Å². The summed E-state index contributed by atoms with van der Waals surface area (Å²) in [5, 5.41) is 5.21. The first-order valence-electron chi connectivity index (χ1n) is 9.33. The van der Waals surface area contributed by atoms with Crippen LogP contribution in [0.2, 0.25) is 0 Å². The third kappa shape index (κ3) is 3.39. The number of anilines is 1. The topological polar surface area (TPSA) is 80.8 Å². The normalized spacial score (nSPS) is 18.0. The zero-order valence-electron chi connectivity index (χ0n) is 16.8. The molecule has 4 rings (SSSR count). The number of hydrogen-bond acceptors (Lipinski definition) is 6. The van der Waals surface area contributed by atoms with Crippen molar-refractivity contribution in [3.8, 4) is 11.5 Å². The molecule has 2 unspecified atom stereocenters. The predicted molar refractivity (Wildman–Crippen MR) is 114 cm³/mol. The van der Waals surface area contributed by atoms with E-state index in [0.29, 0.717) is 27.8 Å². The Bertz CT molecular complexity index is 1080. The highest BCUT2D eigenvalue weighted by molar-refractivity contribution is 7.13. The van der Waals surface area contributed by atoms with E-state index < -0.39 is 12.0 Å². The Kier molecular flexibility index (Phi) is 5.41. The second-order valence-electron chi connectivity index (χ2n) is 6.87. The number of hydrogen-bond donors (Lipinski definition) is 1. The summed E-state index contributed by atoms with van der Waals surface area (Å²) in [5.41, 5.74) is 1.99. The number of carbonyl (C=O) groups excluding carboxylic acids is 2. The molecule has 8 heteroatoms. The molecular weight excluding hydrogens is 402 g/mol. The van der Waals surface area contributed by atoms with Crippen molar-refractivity contribution in [2.24, 2.45) is 0 Å². The minimum atomic E-state index is -0.620. The number of rotatable bonds is 5. The van der Waals surface area contributed by atoms with E-state index >= 15 is 0 Å². The number of carbonyl (C=O) groups is 2. The number of nitrogens with zero attached hydrogens (tertiary/aromatic N) is 2. The third-order valence-corrected chi connectivity index (χ3v) is 5.96. The molecule has 0 saturated carbocycles. The van der Waals surface area contributed by atoms with Crippen LogP contribution >= 0.6 is 11.3 Å². The number of nitrogens with one attached hydrogen (secondary N) is 1. The van der Waals surface area contributed by atoms with E-state index in [1.807, 2.05) is 24.3 Å². The summed E-state index contributed by atoms with van der Waals surface area (Å²) in [5.74, 6) is 0.134. The Balaban J connectivity index is 1.84. The molecule has 0 bridgehead atoms. The van der Waals surface area contributed by atoms with Gasteiger partial charge in [0.05, 0.1) is 26.2 Å². The van der Waals surface area contributed by atoms with Crippen molar-refractivity contribution in [1.82, 2.24) is 9.88 Å². The van der Waals surface area contributed by atoms with Gasteiger partial charge < -0.3 is 19.7 Å². The highest BCUT2D eigenvalue weighted by atomic mass is 32.1. The lowest BCUT2D eigenvalue weighted by atomic mass is 9.79. The van der Waals surface area contributed by atoms with E-state index in [1.54, 1.807) is 55.9 Å². The second kappa shape index (κ2) is 8.16. The maximum atomic E-state index is 13.4. The van der Waals surface area contributed by atoms with Crippen molar-refractivity contribution in [2.75, 3.05) is 26.6 Å². The fraction of sp³-hybridized carbons (Fsp3) is 0.227. The van der Waals surface area contributed by atoms with Crippen molar-refractivity contribution in [1.29, 1.82) is 0 Å². The maximum absolute atomic E-state index is 13.4. The second-order valence-corrected chi connectivity index (χ2v) is 7.76. The molecule has 2 heterocycles. The molecule has 0 spiro atoms. The molecular formula is C22H21N3O4S. The molecule has 3 aromatic rings. The lowest BCUT2D eigenvalue weighted by Crippen LogP contribution is -2.44. The van der Waals surface area contributed by atoms with Crippen LogP contribution in [-0.4, -0.2) is 43.0 Å². The summed E-state index contributed by atoms with van der Waals surface area (Å²) in [6, 6.07) is 12.2. The molecule has 30 heavy (non-hydrogen) atoms. The zero-order chi connectivity index (χ0) is 21.3. The number of methoxy groups -OCH3 is 2. The molecule has 0 saturated heterocycles. The molecule has 154 valence electrons. The Morgan fingerprint density at radius 2 is 1.90 bits per heavy atom. The van der Waals surface area contributed by atoms with Crippen LogP contribution in [0.25, 0.3) is 0 Å². The number of thiazole rings is 1. The van der Waals surface area contributed by atoms with Gasteiger partial charge in [-0.1, -0.05) is 24.3 Å². The molecule has 0 radical (unpaired) electrons. The molecule has 2 aromatic carbocycles. The maximum Gasteiger partial charge on any atom is 0.254 e. The van der Waals surface area contributed by atoms with Crippen molar-refractivity contribution in [2.45, 2.75) is 12.0 Å². The molecule has 2 amide bonds. The number of fused-ring (bicyclic) bond motifs is 1. The van der Waals surface area contributed by atoms with Crippen molar-refractivity contribution in [3.05, 3.63) is 70.7 Å². The van der Waals surface area contributed by atoms with Gasteiger partial charge in [-0.15, -0.1) is 11.3 Å². The SMILES string of the molecule is COc1ccc(C2C(C(=O)Nc3nccs3)c3ccccc3C(=O)N2C)cc1OC. The van der Waals surface area contributed by atoms with E-state index in [-0.39, 0.29) is 11.8 Å². The van der Waals surface area contributed by atoms with Gasteiger partial charge in [-0.2, -0.15) is 0 Å². The van der Waals surface area contributed by atoms with Crippen LogP contribution in [0.4, 0.5) is 5.13 Å². The summed E-state index contributed by atoms with van der Waals surface area (Å²) in [7, 11) is 4.83. The van der Waals surface area contributed by atoms with Crippen LogP contribution in [0, 0.1) is 0 Å². The number of amides is 2. The van der Waals surface area contributed by atoms with Gasteiger partial charge in [0.1, 0.15) is 0 Å². The van der Waals surface area contributed by atoms with E-state index in [2.05, 4.69) is 10.3 Å². The largest absolute Gasteiger partial charge is 0.493 e. The molecule has 1 N–H and O–H groups in total. The monoisotopic (exact) mass is 423 g/mol. The minimum Gasteiger partial charge on any atom is -0.493 e. The van der Waals surface area contributed by atoms with E-state index in [4.69, 9.17) is 9.47 Å². The fourth-order valence-corrected chi connectivity index (χ4v) is 4.41. The summed E-state index contributed by atoms with van der Waals surface area (Å²) < 4.78 is 10.8. The first-order valence-corrected chi connectivity index (χ1v) is 10.2. The van der Waals surface area contributed by atoms with Gasteiger partial charge in [-0.3, -0.25) is 9.59 Å². The molecule has 7 nitrogen and oxygen atoms in total. The first-order chi connectivity index (χ1) is 14.5. The van der Waals surface area contributed by atoms with Gasteiger partial charge in [-0.25, -0.2) is 4.98 Å². The predicted octanol–water partition coefficient (Wildman–Crippen LogP) is 3.71. The summed E-state index contributed by atoms with van der Waals surface area (Å²) >= 11 is 1.35. The Morgan fingerprint density at radius 1 is 1.13 bits per heavy atom. The van der Waals surface area contributed by atoms with Crippen molar-refractivity contribution < 1.29 is 19.1 Å². The van der Waals surface area contributed by atoms with Crippen LogP contribution in [0.3, 0.4) is 0 Å². The number of likely N-dealkylation sites (N-methyl/N-ethyl adjacent to an activating group) is 1. The van der Waals surface area contributed by atoms with E-state index in [9.17, 15) is 9.59 Å². The Labute approximate surface area is 178 Å². The van der Waals surface area contributed by atoms with E-state index in [0.717, 1.165) is 5.56 Å². The van der Waals surface area contributed by atoms with Crippen LogP contribution < -0.4 is 14.8 Å². The Morgan fingerprint density at radius 3 is 2.60 bits per heavy atom. The smallest absolute Gasteiger partial charge is 0.254 e. The molecule has 0 aliphatic carbocycles. The quantitative estimate of drug-likeness (QED) is 0.677. The number of benzene rings is 2. The zero-order valence-corrected chi connectivity index (χ0v) is 17.6. The van der Waals surface area contributed by atoms with Crippen LogP contribution in [-0.2, 0) is 4.79 Å². The molecule has 0 fully saturated rings. The molecule has 1 aliphatic heterocycles. The van der Waals surface area contributed by atoms with Gasteiger partial charge in [0.2, 0.25) is 5.91 Å². The lowest BCUT2D eigenvalue weighted by molar-refractivity contribution is -0.119. The third-order valence-electron chi connectivity index (χ3n) is 5.27. The summed E-state index contributed by atoms with van der Waals surface area (Å²) in [6.45, 7) is 0.